The van der Waals surface area contributed by atoms with Crippen LogP contribution in [-0.2, 0) is 33.3 Å². The molecule has 68 heavy (non-hydrogen) atoms. The molecule has 0 saturated carbocycles. The lowest BCUT2D eigenvalue weighted by Crippen LogP contribution is -2.32. The van der Waals surface area contributed by atoms with Gasteiger partial charge in [0.05, 0.1) is 11.8 Å². The number of aliphatic hydroxyl groups excluding tert-OH is 2. The molecular weight excluding hydrogens is 877 g/mol. The van der Waals surface area contributed by atoms with Gasteiger partial charge in [-0.25, -0.2) is 14.4 Å². The molecule has 16 heteroatoms. The van der Waals surface area contributed by atoms with E-state index in [0.29, 0.717) is 34.8 Å². The lowest BCUT2D eigenvalue weighted by molar-refractivity contribution is -0.169. The third-order valence-corrected chi connectivity index (χ3v) is 10.0. The molecule has 352 valence electrons. The number of esters is 4. The summed E-state index contributed by atoms with van der Waals surface area (Å²) in [4.78, 5) is 48.7. The summed E-state index contributed by atoms with van der Waals surface area (Å²) >= 11 is 0. The van der Waals surface area contributed by atoms with E-state index in [-0.39, 0.29) is 49.9 Å². The molecule has 0 aliphatic heterocycles. The van der Waals surface area contributed by atoms with Crippen LogP contribution in [0.25, 0.3) is 11.1 Å². The van der Waals surface area contributed by atoms with Crippen molar-refractivity contribution in [1.29, 1.82) is 0 Å². The Balaban J connectivity index is 1.18. The summed E-state index contributed by atoms with van der Waals surface area (Å²) < 4.78 is 44.3. The smallest absolute Gasteiger partial charge is 0.343 e. The summed E-state index contributed by atoms with van der Waals surface area (Å²) in [7, 11) is 0. The second-order valence-corrected chi connectivity index (χ2v) is 14.8. The number of carbonyl (C=O) groups excluding carboxylic acids is 4. The van der Waals surface area contributed by atoms with Crippen LogP contribution >= 0.6 is 0 Å². The van der Waals surface area contributed by atoms with E-state index in [9.17, 15) is 29.4 Å². The zero-order valence-electron chi connectivity index (χ0n) is 37.4. The van der Waals surface area contributed by atoms with Crippen LogP contribution in [0.1, 0.15) is 65.6 Å². The Morgan fingerprint density at radius 2 is 1.21 bits per heavy atom. The van der Waals surface area contributed by atoms with Gasteiger partial charge in [0.15, 0.2) is 12.4 Å². The fraction of sp³-hybridized carbons (Fsp3) is 0.231. The number of rotatable bonds is 24. The van der Waals surface area contributed by atoms with Gasteiger partial charge < -0.3 is 48.1 Å². The standard InChI is InChI=1S/C52H50N2O14/c1-5-46(55)63-31-39(65-48(57)7-3)29-61-36-21-17-33(18-22-36)51(59)67-38-25-26-45(35(27-38)28-53-54-50-43-15-11-9-13-41(43)42-14-10-12-16-44(42)50)68-52(60)34-19-23-37(24-20-34)62-30-40(66-49(58)8-4)32-64-47(56)6-2/h5-6,9-28,39-40,48,51,57,59H,1-2,7-8,29-32H2,3-4H3/b53-28+. The molecule has 1 aliphatic carbocycles. The fourth-order valence-corrected chi connectivity index (χ4v) is 6.49. The second kappa shape index (κ2) is 24.6. The van der Waals surface area contributed by atoms with Crippen LogP contribution in [0.4, 0.5) is 0 Å². The average Bonchev–Trinajstić information content (AvgIpc) is 3.69. The molecule has 6 rings (SSSR count). The van der Waals surface area contributed by atoms with Gasteiger partial charge >= 0.3 is 23.9 Å². The van der Waals surface area contributed by atoms with Gasteiger partial charge in [0.1, 0.15) is 61.2 Å². The molecule has 0 heterocycles. The van der Waals surface area contributed by atoms with Crippen LogP contribution < -0.4 is 18.9 Å². The minimum atomic E-state index is -1.44. The van der Waals surface area contributed by atoms with Crippen LogP contribution in [-0.4, -0.2) is 90.9 Å². The average molecular weight is 927 g/mol. The van der Waals surface area contributed by atoms with Crippen LogP contribution in [0, 0.1) is 0 Å². The summed E-state index contributed by atoms with van der Waals surface area (Å²) in [5, 5.41) is 30.2. The van der Waals surface area contributed by atoms with Crippen molar-refractivity contribution in [3.05, 3.63) is 168 Å². The minimum Gasteiger partial charge on any atom is -0.491 e. The Kier molecular flexibility index (Phi) is 17.9. The van der Waals surface area contributed by atoms with Gasteiger partial charge in [-0.1, -0.05) is 75.5 Å². The Labute approximate surface area is 392 Å². The molecule has 0 amide bonds. The maximum atomic E-state index is 13.6. The first kappa shape index (κ1) is 49.5. The third kappa shape index (κ3) is 13.8. The molecule has 16 nitrogen and oxygen atoms in total. The number of fused-ring (bicyclic) bond motifs is 3. The molecule has 1 aliphatic rings. The molecule has 5 aromatic carbocycles. The maximum Gasteiger partial charge on any atom is 0.343 e. The van der Waals surface area contributed by atoms with Gasteiger partial charge in [-0.15, -0.1) is 5.10 Å². The SMILES string of the molecule is C=CC(=O)OCC(COc1ccc(C(=O)Oc2ccc(OC(O)c3ccc(OCC(COC(=O)C=C)OC(O)CC)cc3)cc2/C=N/N=C2c3ccccc3-c3ccccc32)cc1)OC(=O)CC. The van der Waals surface area contributed by atoms with Crippen molar-refractivity contribution in [1.82, 2.24) is 0 Å². The molecule has 0 saturated heterocycles. The highest BCUT2D eigenvalue weighted by molar-refractivity contribution is 6.24. The van der Waals surface area contributed by atoms with E-state index in [2.05, 4.69) is 23.4 Å². The summed E-state index contributed by atoms with van der Waals surface area (Å²) in [5.41, 5.74) is 5.38. The number of hydrogen-bond acceptors (Lipinski definition) is 16. The predicted octanol–water partition coefficient (Wildman–Crippen LogP) is 7.48. The van der Waals surface area contributed by atoms with E-state index in [1.807, 2.05) is 48.5 Å². The van der Waals surface area contributed by atoms with E-state index in [0.717, 1.165) is 34.4 Å². The molecule has 0 spiro atoms. The molecule has 0 aromatic heterocycles. The van der Waals surface area contributed by atoms with Crippen molar-refractivity contribution in [2.45, 2.75) is 51.5 Å². The number of hydrogen-bond donors (Lipinski definition) is 2. The van der Waals surface area contributed by atoms with Crippen molar-refractivity contribution in [2.24, 2.45) is 10.2 Å². The quantitative estimate of drug-likeness (QED) is 0.0115. The van der Waals surface area contributed by atoms with Gasteiger partial charge in [0.25, 0.3) is 0 Å². The molecule has 2 N–H and O–H groups in total. The number of nitrogens with zero attached hydrogens (tertiary/aromatic N) is 2. The normalized spacial score (nSPS) is 13.1. The molecule has 4 unspecified atom stereocenters. The van der Waals surface area contributed by atoms with Crippen molar-refractivity contribution < 1.29 is 67.3 Å². The van der Waals surface area contributed by atoms with Gasteiger partial charge in [-0.2, -0.15) is 5.10 Å². The summed E-state index contributed by atoms with van der Waals surface area (Å²) in [6, 6.07) is 32.8. The summed E-state index contributed by atoms with van der Waals surface area (Å²) in [5.74, 6) is -1.47. The maximum absolute atomic E-state index is 13.6. The Hall–Kier alpha value is -7.92. The molecule has 0 radical (unpaired) electrons. The van der Waals surface area contributed by atoms with Crippen LogP contribution in [0.5, 0.6) is 23.0 Å². The second-order valence-electron chi connectivity index (χ2n) is 14.8. The van der Waals surface area contributed by atoms with E-state index in [1.165, 1.54) is 42.6 Å². The lowest BCUT2D eigenvalue weighted by Gasteiger charge is -2.21. The lowest BCUT2D eigenvalue weighted by atomic mass is 10.1. The van der Waals surface area contributed by atoms with E-state index in [4.69, 9.17) is 37.9 Å². The summed E-state index contributed by atoms with van der Waals surface area (Å²) in [6.07, 6.45) is -0.317. The summed E-state index contributed by atoms with van der Waals surface area (Å²) in [6.45, 7) is 9.50. The molecule has 0 bridgehead atoms. The van der Waals surface area contributed by atoms with Crippen molar-refractivity contribution in [3.8, 4) is 34.1 Å². The molecular formula is C52H50N2O14. The first-order valence-electron chi connectivity index (χ1n) is 21.6. The van der Waals surface area contributed by atoms with Crippen molar-refractivity contribution >= 4 is 35.8 Å². The number of aliphatic hydroxyl groups is 2. The topological polar surface area (TPSA) is 207 Å². The van der Waals surface area contributed by atoms with Gasteiger partial charge in [-0.05, 0) is 84.3 Å². The number of ether oxygens (including phenoxy) is 8. The predicted molar refractivity (Wildman–Crippen MR) is 250 cm³/mol. The highest BCUT2D eigenvalue weighted by atomic mass is 16.6. The first-order chi connectivity index (χ1) is 33.0. The Bertz CT molecular complexity index is 2580. The first-order valence-corrected chi connectivity index (χ1v) is 21.6. The highest BCUT2D eigenvalue weighted by Gasteiger charge is 2.25. The largest absolute Gasteiger partial charge is 0.491 e. The number of benzene rings is 5. The van der Waals surface area contributed by atoms with Gasteiger partial charge in [0, 0.05) is 40.8 Å². The third-order valence-electron chi connectivity index (χ3n) is 10.0. The van der Waals surface area contributed by atoms with Gasteiger partial charge in [0.2, 0.25) is 6.29 Å². The zero-order chi connectivity index (χ0) is 48.4. The Morgan fingerprint density at radius 3 is 1.78 bits per heavy atom. The zero-order valence-corrected chi connectivity index (χ0v) is 37.4. The van der Waals surface area contributed by atoms with E-state index in [1.54, 1.807) is 44.2 Å². The van der Waals surface area contributed by atoms with E-state index < -0.39 is 48.7 Å². The monoisotopic (exact) mass is 926 g/mol. The fourth-order valence-electron chi connectivity index (χ4n) is 6.49. The van der Waals surface area contributed by atoms with Crippen LogP contribution in [0.3, 0.4) is 0 Å². The van der Waals surface area contributed by atoms with Crippen LogP contribution in [0.15, 0.2) is 151 Å². The molecule has 0 fully saturated rings. The molecule has 4 atom stereocenters. The molecule has 5 aromatic rings. The highest BCUT2D eigenvalue weighted by Crippen LogP contribution is 2.37. The van der Waals surface area contributed by atoms with Crippen molar-refractivity contribution in [2.75, 3.05) is 26.4 Å². The van der Waals surface area contributed by atoms with Crippen LogP contribution in [0.2, 0.25) is 0 Å². The number of carbonyl (C=O) groups is 4. The van der Waals surface area contributed by atoms with Gasteiger partial charge in [-0.3, -0.25) is 4.79 Å². The minimum absolute atomic E-state index is 0.0527. The van der Waals surface area contributed by atoms with E-state index >= 15 is 0 Å². The Morgan fingerprint density at radius 1 is 0.662 bits per heavy atom. The van der Waals surface area contributed by atoms with Crippen molar-refractivity contribution in [3.63, 3.8) is 0 Å².